The molecule has 0 aliphatic carbocycles. The number of halogens is 1. The average Bonchev–Trinajstić information content (AvgIpc) is 3.01. The molecule has 0 aliphatic heterocycles. The molecular weight excluding hydrogens is 360 g/mol. The first-order valence-electron chi connectivity index (χ1n) is 6.41. The van der Waals surface area contributed by atoms with Gasteiger partial charge in [-0.05, 0) is 37.1 Å². The summed E-state index contributed by atoms with van der Waals surface area (Å²) in [6.45, 7) is 4.02. The van der Waals surface area contributed by atoms with E-state index >= 15 is 0 Å². The summed E-state index contributed by atoms with van der Waals surface area (Å²) in [5, 5.41) is 0. The number of thiazole rings is 1. The number of fused-ring (bicyclic) bond motifs is 1. The second-order valence-corrected chi connectivity index (χ2v) is 9.47. The van der Waals surface area contributed by atoms with Crippen molar-refractivity contribution in [2.45, 2.75) is 18.1 Å². The van der Waals surface area contributed by atoms with Gasteiger partial charge in [-0.3, -0.25) is 0 Å². The third kappa shape index (κ3) is 2.62. The number of sulfonamides is 1. The van der Waals surface area contributed by atoms with Crippen molar-refractivity contribution < 1.29 is 8.42 Å². The summed E-state index contributed by atoms with van der Waals surface area (Å²) in [5.41, 5.74) is 3.22. The van der Waals surface area contributed by atoms with E-state index < -0.39 is 10.0 Å². The number of hydrogen-bond acceptors (Lipinski definition) is 4. The number of benzene rings is 1. The molecule has 0 fully saturated rings. The topological polar surface area (TPSA) is 51.4 Å². The summed E-state index contributed by atoms with van der Waals surface area (Å²) in [6.07, 6.45) is 0. The zero-order valence-electron chi connectivity index (χ0n) is 12.1. The summed E-state index contributed by atoms with van der Waals surface area (Å²) in [5.74, 6) is 0. The van der Waals surface area contributed by atoms with Gasteiger partial charge in [0, 0.05) is 7.05 Å². The van der Waals surface area contributed by atoms with Gasteiger partial charge in [0.05, 0.1) is 14.6 Å². The molecule has 0 bridgehead atoms. The van der Waals surface area contributed by atoms with Gasteiger partial charge in [-0.1, -0.05) is 35.1 Å². The highest BCUT2D eigenvalue weighted by Gasteiger charge is 2.17. The van der Waals surface area contributed by atoms with Crippen molar-refractivity contribution in [3.05, 3.63) is 44.5 Å². The van der Waals surface area contributed by atoms with E-state index in [1.54, 1.807) is 6.07 Å². The molecule has 0 amide bonds. The monoisotopic (exact) mass is 372 g/mol. The molecule has 0 N–H and O–H groups in total. The zero-order chi connectivity index (χ0) is 16.1. The van der Waals surface area contributed by atoms with Crippen LogP contribution in [0.2, 0.25) is 4.34 Å². The van der Waals surface area contributed by atoms with Crippen molar-refractivity contribution in [3.63, 3.8) is 0 Å². The van der Waals surface area contributed by atoms with Crippen LogP contribution in [-0.4, -0.2) is 13.0 Å². The molecule has 0 spiro atoms. The van der Waals surface area contributed by atoms with Crippen LogP contribution in [0.1, 0.15) is 11.1 Å². The van der Waals surface area contributed by atoms with Crippen LogP contribution in [0.3, 0.4) is 0 Å². The second-order valence-electron chi connectivity index (χ2n) is 4.95. The summed E-state index contributed by atoms with van der Waals surface area (Å²) in [7, 11) is -1.91. The van der Waals surface area contributed by atoms with Gasteiger partial charge in [-0.25, -0.2) is 0 Å². The molecule has 0 aliphatic rings. The third-order valence-corrected chi connectivity index (χ3v) is 7.70. The van der Waals surface area contributed by atoms with Crippen LogP contribution in [0.15, 0.2) is 32.9 Å². The molecule has 8 heteroatoms. The Morgan fingerprint density at radius 2 is 1.77 bits per heavy atom. The SMILES string of the molecule is Cc1ccc(C)c2c1sc(=NS(=O)(=O)c1ccc(Cl)s1)n2C. The normalized spacial score (nSPS) is 13.2. The molecule has 4 nitrogen and oxygen atoms in total. The van der Waals surface area contributed by atoms with Gasteiger partial charge < -0.3 is 4.57 Å². The summed E-state index contributed by atoms with van der Waals surface area (Å²) >= 11 is 8.21. The molecule has 2 heterocycles. The maximum atomic E-state index is 12.4. The maximum absolute atomic E-state index is 12.4. The lowest BCUT2D eigenvalue weighted by Crippen LogP contribution is -2.13. The van der Waals surface area contributed by atoms with Crippen LogP contribution in [-0.2, 0) is 17.1 Å². The van der Waals surface area contributed by atoms with E-state index in [2.05, 4.69) is 4.40 Å². The van der Waals surface area contributed by atoms with Crippen molar-refractivity contribution in [3.8, 4) is 0 Å². The fourth-order valence-corrected chi connectivity index (χ4v) is 6.09. The van der Waals surface area contributed by atoms with Crippen LogP contribution in [0.5, 0.6) is 0 Å². The van der Waals surface area contributed by atoms with Gasteiger partial charge in [0.25, 0.3) is 10.0 Å². The molecule has 0 unspecified atom stereocenters. The van der Waals surface area contributed by atoms with Crippen LogP contribution >= 0.6 is 34.3 Å². The van der Waals surface area contributed by atoms with Crippen LogP contribution in [0.25, 0.3) is 10.2 Å². The highest BCUT2D eigenvalue weighted by atomic mass is 35.5. The molecule has 2 aromatic heterocycles. The minimum atomic E-state index is -3.74. The lowest BCUT2D eigenvalue weighted by Gasteiger charge is -2.01. The van der Waals surface area contributed by atoms with E-state index in [4.69, 9.17) is 11.6 Å². The van der Waals surface area contributed by atoms with Crippen LogP contribution in [0, 0.1) is 13.8 Å². The molecule has 1 aromatic carbocycles. The Kier molecular flexibility index (Phi) is 3.92. The van der Waals surface area contributed by atoms with Gasteiger partial charge in [0.2, 0.25) is 4.80 Å². The summed E-state index contributed by atoms with van der Waals surface area (Å²) in [4.78, 5) is 0.455. The number of rotatable bonds is 2. The van der Waals surface area contributed by atoms with Crippen molar-refractivity contribution in [1.29, 1.82) is 0 Å². The van der Waals surface area contributed by atoms with Gasteiger partial charge in [0.1, 0.15) is 4.21 Å². The standard InChI is InChI=1S/C14H13ClN2O2S3/c1-8-4-5-9(2)13-12(8)17(3)14(21-13)16-22(18,19)11-7-6-10(15)20-11/h4-7H,1-3H3. The first-order valence-corrected chi connectivity index (χ1v) is 9.87. The molecule has 3 rings (SSSR count). The lowest BCUT2D eigenvalue weighted by molar-refractivity contribution is 0.598. The van der Waals surface area contributed by atoms with E-state index in [9.17, 15) is 8.42 Å². The van der Waals surface area contributed by atoms with E-state index in [0.29, 0.717) is 9.14 Å². The number of aryl methyl sites for hydroxylation is 3. The van der Waals surface area contributed by atoms with Crippen LogP contribution < -0.4 is 4.80 Å². The van der Waals surface area contributed by atoms with Gasteiger partial charge in [-0.15, -0.1) is 15.7 Å². The summed E-state index contributed by atoms with van der Waals surface area (Å²) < 4.78 is 32.3. The third-order valence-electron chi connectivity index (χ3n) is 3.35. The molecule has 0 radical (unpaired) electrons. The molecule has 22 heavy (non-hydrogen) atoms. The highest BCUT2D eigenvalue weighted by molar-refractivity contribution is 7.92. The van der Waals surface area contributed by atoms with Crippen molar-refractivity contribution in [2.75, 3.05) is 0 Å². The zero-order valence-corrected chi connectivity index (χ0v) is 15.3. The Bertz CT molecular complexity index is 1040. The van der Waals surface area contributed by atoms with E-state index in [-0.39, 0.29) is 4.21 Å². The number of thiophene rings is 1. The first kappa shape index (κ1) is 15.7. The van der Waals surface area contributed by atoms with Crippen molar-refractivity contribution in [1.82, 2.24) is 4.57 Å². The first-order chi connectivity index (χ1) is 10.3. The fourth-order valence-electron chi connectivity index (χ4n) is 2.24. The van der Waals surface area contributed by atoms with Gasteiger partial charge in [0.15, 0.2) is 0 Å². The predicted molar refractivity (Wildman–Crippen MR) is 92.3 cm³/mol. The minimum absolute atomic E-state index is 0.156. The predicted octanol–water partition coefficient (Wildman–Crippen LogP) is 3.86. The van der Waals surface area contributed by atoms with Crippen molar-refractivity contribution >= 4 is 54.5 Å². The minimum Gasteiger partial charge on any atom is -0.319 e. The smallest absolute Gasteiger partial charge is 0.294 e. The molecule has 0 saturated carbocycles. The quantitative estimate of drug-likeness (QED) is 0.685. The second kappa shape index (κ2) is 5.49. The molecule has 0 atom stereocenters. The van der Waals surface area contributed by atoms with Crippen LogP contribution in [0.4, 0.5) is 0 Å². The Morgan fingerprint density at radius 3 is 2.36 bits per heavy atom. The number of aromatic nitrogens is 1. The Morgan fingerprint density at radius 1 is 1.09 bits per heavy atom. The van der Waals surface area contributed by atoms with E-state index in [1.165, 1.54) is 17.4 Å². The van der Waals surface area contributed by atoms with E-state index in [0.717, 1.165) is 32.7 Å². The highest BCUT2D eigenvalue weighted by Crippen LogP contribution is 2.28. The summed E-state index contributed by atoms with van der Waals surface area (Å²) in [6, 6.07) is 7.11. The Balaban J connectivity index is 2.29. The Hall–Kier alpha value is -1.15. The van der Waals surface area contributed by atoms with Crippen molar-refractivity contribution in [2.24, 2.45) is 11.4 Å². The van der Waals surface area contributed by atoms with Gasteiger partial charge in [-0.2, -0.15) is 8.42 Å². The maximum Gasteiger partial charge on any atom is 0.294 e. The molecule has 0 saturated heterocycles. The molecule has 3 aromatic rings. The Labute approximate surface area is 141 Å². The molecule has 116 valence electrons. The number of hydrogen-bond donors (Lipinski definition) is 0. The molecular formula is C14H13ClN2O2S3. The average molecular weight is 373 g/mol. The number of nitrogens with zero attached hydrogens (tertiary/aromatic N) is 2. The lowest BCUT2D eigenvalue weighted by atomic mass is 10.1. The largest absolute Gasteiger partial charge is 0.319 e. The van der Waals surface area contributed by atoms with Gasteiger partial charge >= 0.3 is 0 Å². The van der Waals surface area contributed by atoms with E-state index in [1.807, 2.05) is 37.6 Å². The fraction of sp³-hybridized carbons (Fsp3) is 0.214.